The average Bonchev–Trinajstić information content (AvgIpc) is 2.14. The molecule has 1 unspecified atom stereocenters. The highest BCUT2D eigenvalue weighted by Crippen LogP contribution is 2.31. The molecular formula is C14H30N+. The van der Waals surface area contributed by atoms with Gasteiger partial charge in [0.05, 0.1) is 26.8 Å². The Balaban J connectivity index is 4.39. The standard InChI is InChI=1S/C14H30N/c1-8-10-11-15(6,7)12-13(3)14(4,5)9-2/h10-11,13H,8-9,12H2,1-7H3/q+1. The van der Waals surface area contributed by atoms with Crippen LogP contribution in [0.3, 0.4) is 0 Å². The molecule has 1 heteroatoms. The van der Waals surface area contributed by atoms with Crippen LogP contribution in [-0.2, 0) is 0 Å². The summed E-state index contributed by atoms with van der Waals surface area (Å²) >= 11 is 0. The Hall–Kier alpha value is -0.300. The number of quaternary nitrogens is 1. The third kappa shape index (κ3) is 5.36. The van der Waals surface area contributed by atoms with Crippen LogP contribution < -0.4 is 0 Å². The van der Waals surface area contributed by atoms with Crippen LogP contribution in [-0.4, -0.2) is 25.1 Å². The van der Waals surface area contributed by atoms with Gasteiger partial charge in [-0.15, -0.1) is 0 Å². The molecule has 0 heterocycles. The summed E-state index contributed by atoms with van der Waals surface area (Å²) in [6.45, 7) is 12.8. The van der Waals surface area contributed by atoms with Gasteiger partial charge in [-0.05, 0) is 17.9 Å². The molecule has 0 aromatic heterocycles. The van der Waals surface area contributed by atoms with Gasteiger partial charge in [-0.1, -0.05) is 41.0 Å². The Labute approximate surface area is 96.8 Å². The second-order valence-corrected chi connectivity index (χ2v) is 6.00. The minimum Gasteiger partial charge on any atom is -0.302 e. The maximum atomic E-state index is 2.38. The summed E-state index contributed by atoms with van der Waals surface area (Å²) in [7, 11) is 4.57. The zero-order chi connectivity index (χ0) is 12.1. The quantitative estimate of drug-likeness (QED) is 0.582. The number of hydrogen-bond acceptors (Lipinski definition) is 0. The molecule has 0 aromatic carbocycles. The summed E-state index contributed by atoms with van der Waals surface area (Å²) in [4.78, 5) is 0. The Morgan fingerprint density at radius 2 is 1.73 bits per heavy atom. The summed E-state index contributed by atoms with van der Waals surface area (Å²) in [5, 5.41) is 0. The predicted molar refractivity (Wildman–Crippen MR) is 69.6 cm³/mol. The van der Waals surface area contributed by atoms with Gasteiger partial charge in [0, 0.05) is 5.92 Å². The van der Waals surface area contributed by atoms with Crippen molar-refractivity contribution in [1.82, 2.24) is 0 Å². The maximum Gasteiger partial charge on any atom is 0.0913 e. The molecule has 90 valence electrons. The van der Waals surface area contributed by atoms with Gasteiger partial charge in [-0.2, -0.15) is 0 Å². The molecular weight excluding hydrogens is 182 g/mol. The Kier molecular flexibility index (Phi) is 5.58. The van der Waals surface area contributed by atoms with Crippen LogP contribution in [0.15, 0.2) is 12.3 Å². The first kappa shape index (κ1) is 14.7. The summed E-state index contributed by atoms with van der Waals surface area (Å²) in [5.74, 6) is 0.749. The highest BCUT2D eigenvalue weighted by atomic mass is 15.3. The van der Waals surface area contributed by atoms with Crippen LogP contribution in [0.4, 0.5) is 0 Å². The average molecular weight is 212 g/mol. The highest BCUT2D eigenvalue weighted by molar-refractivity contribution is 4.76. The fourth-order valence-electron chi connectivity index (χ4n) is 1.75. The molecule has 15 heavy (non-hydrogen) atoms. The van der Waals surface area contributed by atoms with Crippen molar-refractivity contribution >= 4 is 0 Å². The number of rotatable bonds is 6. The lowest BCUT2D eigenvalue weighted by Gasteiger charge is -2.36. The van der Waals surface area contributed by atoms with Crippen molar-refractivity contribution in [2.75, 3.05) is 20.6 Å². The third-order valence-electron chi connectivity index (χ3n) is 3.73. The number of allylic oxidation sites excluding steroid dienone is 1. The SMILES string of the molecule is CCC=C[N+](C)(C)CC(C)C(C)(C)CC. The molecule has 0 aliphatic rings. The minimum atomic E-state index is 0.454. The van der Waals surface area contributed by atoms with E-state index in [-0.39, 0.29) is 0 Å². The van der Waals surface area contributed by atoms with Gasteiger partial charge in [-0.3, -0.25) is 0 Å². The van der Waals surface area contributed by atoms with Crippen LogP contribution >= 0.6 is 0 Å². The minimum absolute atomic E-state index is 0.454. The van der Waals surface area contributed by atoms with E-state index >= 15 is 0 Å². The van der Waals surface area contributed by atoms with E-state index in [1.54, 1.807) is 0 Å². The highest BCUT2D eigenvalue weighted by Gasteiger charge is 2.29. The number of hydrogen-bond donors (Lipinski definition) is 0. The molecule has 0 saturated heterocycles. The second kappa shape index (κ2) is 5.69. The molecule has 0 aliphatic carbocycles. The third-order valence-corrected chi connectivity index (χ3v) is 3.73. The Morgan fingerprint density at radius 3 is 2.13 bits per heavy atom. The molecule has 1 atom stereocenters. The van der Waals surface area contributed by atoms with Gasteiger partial charge < -0.3 is 4.48 Å². The molecule has 0 spiro atoms. The van der Waals surface area contributed by atoms with Crippen molar-refractivity contribution in [3.63, 3.8) is 0 Å². The molecule has 0 aliphatic heterocycles. The van der Waals surface area contributed by atoms with Crippen molar-refractivity contribution in [1.29, 1.82) is 0 Å². The van der Waals surface area contributed by atoms with E-state index in [1.807, 2.05) is 0 Å². The lowest BCUT2D eigenvalue weighted by molar-refractivity contribution is -0.843. The van der Waals surface area contributed by atoms with E-state index in [2.05, 4.69) is 61.0 Å². The monoisotopic (exact) mass is 212 g/mol. The van der Waals surface area contributed by atoms with Crippen molar-refractivity contribution in [3.8, 4) is 0 Å². The van der Waals surface area contributed by atoms with Crippen molar-refractivity contribution in [3.05, 3.63) is 12.3 Å². The zero-order valence-corrected chi connectivity index (χ0v) is 11.8. The largest absolute Gasteiger partial charge is 0.302 e. The molecule has 0 radical (unpaired) electrons. The number of nitrogens with zero attached hydrogens (tertiary/aromatic N) is 1. The first-order chi connectivity index (χ1) is 6.75. The van der Waals surface area contributed by atoms with Crippen LogP contribution in [0.5, 0.6) is 0 Å². The molecule has 0 bridgehead atoms. The fourth-order valence-corrected chi connectivity index (χ4v) is 1.75. The van der Waals surface area contributed by atoms with E-state index in [0.29, 0.717) is 5.41 Å². The summed E-state index contributed by atoms with van der Waals surface area (Å²) < 4.78 is 0.998. The van der Waals surface area contributed by atoms with Crippen LogP contribution in [0, 0.1) is 11.3 Å². The smallest absolute Gasteiger partial charge is 0.0913 e. The van der Waals surface area contributed by atoms with Gasteiger partial charge >= 0.3 is 0 Å². The summed E-state index contributed by atoms with van der Waals surface area (Å²) in [6.07, 6.45) is 6.98. The topological polar surface area (TPSA) is 0 Å². The van der Waals surface area contributed by atoms with Crippen LogP contribution in [0.1, 0.15) is 47.5 Å². The van der Waals surface area contributed by atoms with E-state index < -0.39 is 0 Å². The van der Waals surface area contributed by atoms with E-state index in [1.165, 1.54) is 13.0 Å². The van der Waals surface area contributed by atoms with E-state index in [9.17, 15) is 0 Å². The Morgan fingerprint density at radius 1 is 1.20 bits per heavy atom. The summed E-state index contributed by atoms with van der Waals surface area (Å²) in [5.41, 5.74) is 0.454. The second-order valence-electron chi connectivity index (χ2n) is 6.00. The molecule has 0 N–H and O–H groups in total. The van der Waals surface area contributed by atoms with Crippen molar-refractivity contribution in [2.45, 2.75) is 47.5 Å². The van der Waals surface area contributed by atoms with E-state index in [0.717, 1.165) is 16.8 Å². The zero-order valence-electron chi connectivity index (χ0n) is 11.8. The van der Waals surface area contributed by atoms with Gasteiger partial charge in [-0.25, -0.2) is 0 Å². The molecule has 0 fully saturated rings. The molecule has 0 saturated carbocycles. The van der Waals surface area contributed by atoms with Crippen molar-refractivity contribution < 1.29 is 4.48 Å². The lowest BCUT2D eigenvalue weighted by atomic mass is 9.77. The molecule has 0 amide bonds. The normalized spacial score (nSPS) is 15.9. The lowest BCUT2D eigenvalue weighted by Crippen LogP contribution is -2.41. The molecule has 0 rings (SSSR count). The van der Waals surface area contributed by atoms with Gasteiger partial charge in [0.1, 0.15) is 0 Å². The van der Waals surface area contributed by atoms with Crippen LogP contribution in [0.2, 0.25) is 0 Å². The fraction of sp³-hybridized carbons (Fsp3) is 0.857. The van der Waals surface area contributed by atoms with Gasteiger partial charge in [0.25, 0.3) is 0 Å². The molecule has 0 aromatic rings. The van der Waals surface area contributed by atoms with E-state index in [4.69, 9.17) is 0 Å². The predicted octanol–water partition coefficient (Wildman–Crippen LogP) is 4.06. The summed E-state index contributed by atoms with van der Waals surface area (Å²) in [6, 6.07) is 0. The van der Waals surface area contributed by atoms with Gasteiger partial charge in [0.2, 0.25) is 0 Å². The van der Waals surface area contributed by atoms with Crippen LogP contribution in [0.25, 0.3) is 0 Å². The maximum absolute atomic E-state index is 2.38. The molecule has 1 nitrogen and oxygen atoms in total. The van der Waals surface area contributed by atoms with Crippen molar-refractivity contribution in [2.24, 2.45) is 11.3 Å². The first-order valence-corrected chi connectivity index (χ1v) is 6.25. The first-order valence-electron chi connectivity index (χ1n) is 6.25. The van der Waals surface area contributed by atoms with Gasteiger partial charge in [0.15, 0.2) is 0 Å². The Bertz CT molecular complexity index is 201.